The smallest absolute Gasteiger partial charge is 0.125 e. The Morgan fingerprint density at radius 2 is 2.14 bits per heavy atom. The van der Waals surface area contributed by atoms with Gasteiger partial charge >= 0.3 is 0 Å². The third-order valence-electron chi connectivity index (χ3n) is 1.81. The van der Waals surface area contributed by atoms with Crippen LogP contribution in [0.2, 0.25) is 0 Å². The van der Waals surface area contributed by atoms with Gasteiger partial charge in [-0.25, -0.2) is 4.39 Å². The van der Waals surface area contributed by atoms with E-state index in [4.69, 9.17) is 5.26 Å². The summed E-state index contributed by atoms with van der Waals surface area (Å²) in [6.07, 6.45) is 0.351. The van der Waals surface area contributed by atoms with Crippen molar-refractivity contribution in [3.05, 3.63) is 24.0 Å². The first-order valence-electron chi connectivity index (χ1n) is 4.17. The summed E-state index contributed by atoms with van der Waals surface area (Å²) in [6, 6.07) is 6.23. The maximum atomic E-state index is 12.8. The maximum absolute atomic E-state index is 12.8. The average molecular weight is 190 g/mol. The van der Waals surface area contributed by atoms with Crippen LogP contribution in [-0.2, 0) is 6.54 Å². The van der Waals surface area contributed by atoms with Crippen molar-refractivity contribution in [1.82, 2.24) is 15.0 Å². The number of benzene rings is 1. The number of aryl methyl sites for hydroxylation is 1. The Bertz CT molecular complexity index is 497. The molecule has 0 radical (unpaired) electrons. The fourth-order valence-corrected chi connectivity index (χ4v) is 1.18. The van der Waals surface area contributed by atoms with Gasteiger partial charge in [0, 0.05) is 6.07 Å². The minimum Gasteiger partial charge on any atom is -0.207 e. The van der Waals surface area contributed by atoms with Crippen LogP contribution >= 0.6 is 0 Å². The van der Waals surface area contributed by atoms with Crippen LogP contribution in [0.1, 0.15) is 6.42 Å². The highest BCUT2D eigenvalue weighted by Crippen LogP contribution is 2.10. The second-order valence-corrected chi connectivity index (χ2v) is 2.84. The van der Waals surface area contributed by atoms with Crippen LogP contribution in [0.25, 0.3) is 11.0 Å². The van der Waals surface area contributed by atoms with Gasteiger partial charge in [-0.1, -0.05) is 0 Å². The van der Waals surface area contributed by atoms with Crippen LogP contribution in [0, 0.1) is 17.1 Å². The third kappa shape index (κ3) is 1.55. The Morgan fingerprint density at radius 3 is 2.93 bits per heavy atom. The first-order valence-corrected chi connectivity index (χ1v) is 4.17. The van der Waals surface area contributed by atoms with Gasteiger partial charge in [-0.05, 0) is 12.1 Å². The van der Waals surface area contributed by atoms with Crippen molar-refractivity contribution in [2.45, 2.75) is 13.0 Å². The summed E-state index contributed by atoms with van der Waals surface area (Å²) in [4.78, 5) is 1.41. The number of rotatable bonds is 2. The molecule has 5 heteroatoms. The zero-order valence-electron chi connectivity index (χ0n) is 7.31. The lowest BCUT2D eigenvalue weighted by atomic mass is 10.3. The first-order chi connectivity index (χ1) is 6.79. The minimum absolute atomic E-state index is 0.329. The summed E-state index contributed by atoms with van der Waals surface area (Å²) >= 11 is 0. The van der Waals surface area contributed by atoms with Crippen molar-refractivity contribution in [2.75, 3.05) is 0 Å². The van der Waals surface area contributed by atoms with Crippen molar-refractivity contribution in [3.8, 4) is 6.07 Å². The van der Waals surface area contributed by atoms with E-state index in [1.807, 2.05) is 6.07 Å². The SMILES string of the molecule is N#CCCn1nc2ccc(F)cc2n1. The van der Waals surface area contributed by atoms with Gasteiger partial charge in [0.2, 0.25) is 0 Å². The Labute approximate surface area is 79.6 Å². The van der Waals surface area contributed by atoms with E-state index >= 15 is 0 Å². The molecular weight excluding hydrogens is 183 g/mol. The van der Waals surface area contributed by atoms with E-state index in [0.29, 0.717) is 24.0 Å². The van der Waals surface area contributed by atoms with Gasteiger partial charge in [0.25, 0.3) is 0 Å². The molecule has 1 aromatic carbocycles. The number of hydrogen-bond acceptors (Lipinski definition) is 3. The van der Waals surface area contributed by atoms with Crippen LogP contribution in [0.3, 0.4) is 0 Å². The summed E-state index contributed by atoms with van der Waals surface area (Å²) in [5.74, 6) is -0.329. The minimum atomic E-state index is -0.329. The molecule has 0 amide bonds. The summed E-state index contributed by atoms with van der Waals surface area (Å²) < 4.78 is 12.8. The molecule has 2 rings (SSSR count). The molecule has 70 valence electrons. The number of fused-ring (bicyclic) bond motifs is 1. The zero-order valence-corrected chi connectivity index (χ0v) is 7.31. The first kappa shape index (κ1) is 8.63. The van der Waals surface area contributed by atoms with Gasteiger partial charge in [0.1, 0.15) is 16.9 Å². The summed E-state index contributed by atoms with van der Waals surface area (Å²) in [5.41, 5.74) is 1.16. The van der Waals surface area contributed by atoms with E-state index in [1.54, 1.807) is 6.07 Å². The van der Waals surface area contributed by atoms with E-state index in [9.17, 15) is 4.39 Å². The predicted octanol–water partition coefficient (Wildman–Crippen LogP) is 1.48. The largest absolute Gasteiger partial charge is 0.207 e. The number of halogens is 1. The Morgan fingerprint density at radius 1 is 1.36 bits per heavy atom. The number of nitrogens with zero attached hydrogens (tertiary/aromatic N) is 4. The summed E-state index contributed by atoms with van der Waals surface area (Å²) in [7, 11) is 0. The molecule has 14 heavy (non-hydrogen) atoms. The topological polar surface area (TPSA) is 54.5 Å². The average Bonchev–Trinajstić information content (AvgIpc) is 2.56. The van der Waals surface area contributed by atoms with Crippen molar-refractivity contribution >= 4 is 11.0 Å². The van der Waals surface area contributed by atoms with Gasteiger partial charge in [-0.15, -0.1) is 0 Å². The molecule has 0 unspecified atom stereocenters. The molecule has 0 N–H and O–H groups in total. The van der Waals surface area contributed by atoms with E-state index in [1.165, 1.54) is 16.9 Å². The molecule has 0 aliphatic heterocycles. The van der Waals surface area contributed by atoms with E-state index in [0.717, 1.165) is 0 Å². The molecule has 0 saturated heterocycles. The second-order valence-electron chi connectivity index (χ2n) is 2.84. The highest BCUT2D eigenvalue weighted by atomic mass is 19.1. The standard InChI is InChI=1S/C9H7FN4/c10-7-2-3-8-9(6-7)13-14(12-8)5-1-4-11/h2-3,6H,1,5H2. The zero-order chi connectivity index (χ0) is 9.97. The normalized spacial score (nSPS) is 10.3. The monoisotopic (exact) mass is 190 g/mol. The summed E-state index contributed by atoms with van der Waals surface area (Å²) in [5, 5.41) is 16.5. The van der Waals surface area contributed by atoms with Gasteiger partial charge in [-0.3, -0.25) is 0 Å². The van der Waals surface area contributed by atoms with Crippen LogP contribution in [0.4, 0.5) is 4.39 Å². The third-order valence-corrected chi connectivity index (χ3v) is 1.81. The Kier molecular flexibility index (Phi) is 2.11. The van der Waals surface area contributed by atoms with Gasteiger partial charge in [-0.2, -0.15) is 20.3 Å². The fraction of sp³-hybridized carbons (Fsp3) is 0.222. The van der Waals surface area contributed by atoms with Crippen LogP contribution < -0.4 is 0 Å². The van der Waals surface area contributed by atoms with Gasteiger partial charge in [0.15, 0.2) is 0 Å². The molecule has 0 fully saturated rings. The molecule has 4 nitrogen and oxygen atoms in total. The Hall–Kier alpha value is -1.96. The lowest BCUT2D eigenvalue weighted by Crippen LogP contribution is -2.00. The molecule has 0 bridgehead atoms. The molecule has 0 saturated carbocycles. The highest BCUT2D eigenvalue weighted by molar-refractivity contribution is 5.73. The quantitative estimate of drug-likeness (QED) is 0.720. The maximum Gasteiger partial charge on any atom is 0.125 e. The summed E-state index contributed by atoms with van der Waals surface area (Å²) in [6.45, 7) is 0.437. The molecular formula is C9H7FN4. The molecule has 1 heterocycles. The van der Waals surface area contributed by atoms with Crippen LogP contribution in [0.5, 0.6) is 0 Å². The number of aromatic nitrogens is 3. The Balaban J connectivity index is 2.37. The van der Waals surface area contributed by atoms with Crippen LogP contribution in [-0.4, -0.2) is 15.0 Å². The fourth-order valence-electron chi connectivity index (χ4n) is 1.18. The van der Waals surface area contributed by atoms with E-state index in [-0.39, 0.29) is 5.82 Å². The highest BCUT2D eigenvalue weighted by Gasteiger charge is 2.02. The van der Waals surface area contributed by atoms with Crippen molar-refractivity contribution in [3.63, 3.8) is 0 Å². The molecule has 0 spiro atoms. The molecule has 2 aromatic rings. The number of nitriles is 1. The second kappa shape index (κ2) is 3.42. The van der Waals surface area contributed by atoms with E-state index in [2.05, 4.69) is 10.2 Å². The van der Waals surface area contributed by atoms with Crippen molar-refractivity contribution in [1.29, 1.82) is 5.26 Å². The number of hydrogen-bond donors (Lipinski definition) is 0. The lowest BCUT2D eigenvalue weighted by molar-refractivity contribution is 0.553. The molecule has 0 atom stereocenters. The lowest BCUT2D eigenvalue weighted by Gasteiger charge is -1.89. The van der Waals surface area contributed by atoms with Gasteiger partial charge in [0.05, 0.1) is 19.0 Å². The van der Waals surface area contributed by atoms with Crippen molar-refractivity contribution in [2.24, 2.45) is 0 Å². The van der Waals surface area contributed by atoms with Crippen LogP contribution in [0.15, 0.2) is 18.2 Å². The molecule has 0 aliphatic carbocycles. The van der Waals surface area contributed by atoms with Gasteiger partial charge < -0.3 is 0 Å². The predicted molar refractivity (Wildman–Crippen MR) is 47.7 cm³/mol. The molecule has 0 aliphatic rings. The van der Waals surface area contributed by atoms with Crippen molar-refractivity contribution < 1.29 is 4.39 Å². The molecule has 1 aromatic heterocycles. The van der Waals surface area contributed by atoms with E-state index < -0.39 is 0 Å².